The van der Waals surface area contributed by atoms with Crippen LogP contribution in [0.15, 0.2) is 36.5 Å². The van der Waals surface area contributed by atoms with Crippen molar-refractivity contribution in [3.8, 4) is 0 Å². The average molecular weight is 310 g/mol. The fourth-order valence-electron chi connectivity index (χ4n) is 1.55. The molecule has 0 aliphatic heterocycles. The summed E-state index contributed by atoms with van der Waals surface area (Å²) in [7, 11) is 0. The molecule has 7 heteroatoms. The Morgan fingerprint density at radius 3 is 2.50 bits per heavy atom. The highest BCUT2D eigenvalue weighted by molar-refractivity contribution is 6.34. The van der Waals surface area contributed by atoms with E-state index in [-0.39, 0.29) is 21.3 Å². The first-order chi connectivity index (χ1) is 9.49. The van der Waals surface area contributed by atoms with E-state index in [1.165, 1.54) is 24.4 Å². The van der Waals surface area contributed by atoms with Gasteiger partial charge >= 0.3 is 0 Å². The summed E-state index contributed by atoms with van der Waals surface area (Å²) >= 11 is 11.7. The molecule has 0 aliphatic rings. The van der Waals surface area contributed by atoms with Gasteiger partial charge in [0.1, 0.15) is 5.15 Å². The van der Waals surface area contributed by atoms with E-state index in [0.717, 1.165) is 0 Å². The van der Waals surface area contributed by atoms with Crippen molar-refractivity contribution in [1.29, 1.82) is 0 Å². The highest BCUT2D eigenvalue weighted by Crippen LogP contribution is 2.22. The van der Waals surface area contributed by atoms with Crippen LogP contribution in [0.25, 0.3) is 0 Å². The van der Waals surface area contributed by atoms with Gasteiger partial charge in [0, 0.05) is 11.9 Å². The molecule has 1 heterocycles. The molecule has 20 heavy (non-hydrogen) atoms. The van der Waals surface area contributed by atoms with Crippen LogP contribution in [0.3, 0.4) is 0 Å². The van der Waals surface area contributed by atoms with Crippen LogP contribution in [0, 0.1) is 0 Å². The van der Waals surface area contributed by atoms with Crippen molar-refractivity contribution >= 4 is 40.7 Å². The number of nitrogens with two attached hydrogens (primary N) is 1. The molecule has 0 bridgehead atoms. The van der Waals surface area contributed by atoms with E-state index in [0.29, 0.717) is 5.69 Å². The lowest BCUT2D eigenvalue weighted by molar-refractivity contribution is 0.0998. The van der Waals surface area contributed by atoms with Crippen LogP contribution >= 0.6 is 23.2 Å². The molecule has 2 rings (SSSR count). The molecule has 1 aromatic heterocycles. The summed E-state index contributed by atoms with van der Waals surface area (Å²) in [5, 5.41) is 2.87. The summed E-state index contributed by atoms with van der Waals surface area (Å²) in [4.78, 5) is 26.9. The van der Waals surface area contributed by atoms with E-state index in [1.807, 2.05) is 0 Å². The first kappa shape index (κ1) is 14.3. The van der Waals surface area contributed by atoms with E-state index in [1.54, 1.807) is 12.1 Å². The number of anilines is 1. The van der Waals surface area contributed by atoms with Crippen molar-refractivity contribution in [3.63, 3.8) is 0 Å². The maximum Gasteiger partial charge on any atom is 0.258 e. The topological polar surface area (TPSA) is 85.1 Å². The molecule has 0 spiro atoms. The van der Waals surface area contributed by atoms with Gasteiger partial charge in [-0.25, -0.2) is 4.98 Å². The van der Waals surface area contributed by atoms with Crippen molar-refractivity contribution in [3.05, 3.63) is 57.8 Å². The Labute approximate surface area is 124 Å². The van der Waals surface area contributed by atoms with Gasteiger partial charge in [-0.15, -0.1) is 0 Å². The number of amides is 2. The van der Waals surface area contributed by atoms with Crippen LogP contribution in [0.1, 0.15) is 20.7 Å². The number of rotatable bonds is 3. The minimum atomic E-state index is -0.636. The van der Waals surface area contributed by atoms with E-state index in [4.69, 9.17) is 28.9 Å². The van der Waals surface area contributed by atoms with Crippen molar-refractivity contribution in [2.45, 2.75) is 0 Å². The maximum absolute atomic E-state index is 12.0. The number of benzene rings is 1. The lowest BCUT2D eigenvalue weighted by atomic mass is 10.2. The standard InChI is InChI=1S/C13H9Cl2N3O2/c14-10-6-7(3-4-8(10)12(16)19)18-13(20)9-2-1-5-17-11(9)15/h1-6H,(H2,16,19)(H,18,20). The largest absolute Gasteiger partial charge is 0.366 e. The number of carbonyl (C=O) groups excluding carboxylic acids is 2. The predicted octanol–water partition coefficient (Wildman–Crippen LogP) is 2.74. The third-order valence-corrected chi connectivity index (χ3v) is 3.11. The van der Waals surface area contributed by atoms with Gasteiger partial charge in [-0.2, -0.15) is 0 Å². The molecule has 5 nitrogen and oxygen atoms in total. The van der Waals surface area contributed by atoms with E-state index in [2.05, 4.69) is 10.3 Å². The minimum absolute atomic E-state index is 0.102. The lowest BCUT2D eigenvalue weighted by Gasteiger charge is -2.07. The second kappa shape index (κ2) is 5.90. The van der Waals surface area contributed by atoms with Crippen molar-refractivity contribution in [1.82, 2.24) is 4.98 Å². The zero-order chi connectivity index (χ0) is 14.7. The number of halogens is 2. The van der Waals surface area contributed by atoms with Gasteiger partial charge < -0.3 is 11.1 Å². The van der Waals surface area contributed by atoms with Crippen LogP contribution in [-0.2, 0) is 0 Å². The molecule has 0 saturated carbocycles. The number of carbonyl (C=O) groups is 2. The number of aromatic nitrogens is 1. The van der Waals surface area contributed by atoms with E-state index in [9.17, 15) is 9.59 Å². The number of hydrogen-bond acceptors (Lipinski definition) is 3. The first-order valence-electron chi connectivity index (χ1n) is 5.50. The molecule has 0 aliphatic carbocycles. The van der Waals surface area contributed by atoms with Gasteiger partial charge in [-0.05, 0) is 30.3 Å². The molecule has 0 fully saturated rings. The van der Waals surface area contributed by atoms with Gasteiger partial charge in [-0.3, -0.25) is 9.59 Å². The van der Waals surface area contributed by atoms with Gasteiger partial charge in [0.2, 0.25) is 5.91 Å². The number of pyridine rings is 1. The molecule has 2 aromatic rings. The lowest BCUT2D eigenvalue weighted by Crippen LogP contribution is -2.14. The van der Waals surface area contributed by atoms with Crippen LogP contribution in [0.4, 0.5) is 5.69 Å². The van der Waals surface area contributed by atoms with Crippen molar-refractivity contribution in [2.24, 2.45) is 5.73 Å². The molecule has 0 unspecified atom stereocenters. The Kier molecular flexibility index (Phi) is 4.22. The smallest absolute Gasteiger partial charge is 0.258 e. The van der Waals surface area contributed by atoms with Crippen molar-refractivity contribution < 1.29 is 9.59 Å². The third kappa shape index (κ3) is 3.07. The van der Waals surface area contributed by atoms with Gasteiger partial charge in [-0.1, -0.05) is 23.2 Å². The third-order valence-electron chi connectivity index (χ3n) is 2.50. The number of nitrogens with zero attached hydrogens (tertiary/aromatic N) is 1. The monoisotopic (exact) mass is 309 g/mol. The zero-order valence-electron chi connectivity index (χ0n) is 10.1. The van der Waals surface area contributed by atoms with Crippen LogP contribution in [-0.4, -0.2) is 16.8 Å². The number of hydrogen-bond donors (Lipinski definition) is 2. The van der Waals surface area contributed by atoms with Crippen LogP contribution in [0.2, 0.25) is 10.2 Å². The van der Waals surface area contributed by atoms with Crippen LogP contribution in [0.5, 0.6) is 0 Å². The molecule has 0 radical (unpaired) electrons. The molecular weight excluding hydrogens is 301 g/mol. The normalized spacial score (nSPS) is 10.1. The Morgan fingerprint density at radius 1 is 1.15 bits per heavy atom. The van der Waals surface area contributed by atoms with Crippen LogP contribution < -0.4 is 11.1 Å². The Morgan fingerprint density at radius 2 is 1.90 bits per heavy atom. The molecule has 0 saturated heterocycles. The summed E-state index contributed by atoms with van der Waals surface area (Å²) in [6.07, 6.45) is 1.48. The maximum atomic E-state index is 12.0. The summed E-state index contributed by atoms with van der Waals surface area (Å²) in [6.45, 7) is 0. The van der Waals surface area contributed by atoms with E-state index >= 15 is 0 Å². The van der Waals surface area contributed by atoms with Gasteiger partial charge in [0.05, 0.1) is 16.1 Å². The fraction of sp³-hybridized carbons (Fsp3) is 0. The quantitative estimate of drug-likeness (QED) is 0.855. The average Bonchev–Trinajstić information content (AvgIpc) is 2.38. The molecule has 0 atom stereocenters. The molecule has 2 amide bonds. The van der Waals surface area contributed by atoms with Crippen molar-refractivity contribution in [2.75, 3.05) is 5.32 Å². The summed E-state index contributed by atoms with van der Waals surface area (Å²) < 4.78 is 0. The Bertz CT molecular complexity index is 689. The molecule has 102 valence electrons. The van der Waals surface area contributed by atoms with E-state index < -0.39 is 11.8 Å². The zero-order valence-corrected chi connectivity index (χ0v) is 11.6. The summed E-state index contributed by atoms with van der Waals surface area (Å²) in [6, 6.07) is 7.54. The summed E-state index contributed by atoms with van der Waals surface area (Å²) in [5.74, 6) is -1.06. The number of nitrogens with one attached hydrogen (secondary N) is 1. The summed E-state index contributed by atoms with van der Waals surface area (Å²) in [5.41, 5.74) is 5.99. The van der Waals surface area contributed by atoms with Gasteiger partial charge in [0.25, 0.3) is 5.91 Å². The molecule has 1 aromatic carbocycles. The first-order valence-corrected chi connectivity index (χ1v) is 6.26. The highest BCUT2D eigenvalue weighted by atomic mass is 35.5. The number of primary amides is 1. The molecule has 3 N–H and O–H groups in total. The Hall–Kier alpha value is -2.11. The molecular formula is C13H9Cl2N3O2. The minimum Gasteiger partial charge on any atom is -0.366 e. The fourth-order valence-corrected chi connectivity index (χ4v) is 2.03. The second-order valence-electron chi connectivity index (χ2n) is 3.85. The van der Waals surface area contributed by atoms with Gasteiger partial charge in [0.15, 0.2) is 0 Å². The predicted molar refractivity (Wildman–Crippen MR) is 77.2 cm³/mol. The SMILES string of the molecule is NC(=O)c1ccc(NC(=O)c2cccnc2Cl)cc1Cl. The Balaban J connectivity index is 2.23. The highest BCUT2D eigenvalue weighted by Gasteiger charge is 2.12. The second-order valence-corrected chi connectivity index (χ2v) is 4.62.